The minimum absolute atomic E-state index is 0.766. The van der Waals surface area contributed by atoms with Crippen molar-refractivity contribution < 1.29 is 4.42 Å². The van der Waals surface area contributed by atoms with E-state index in [1.807, 2.05) is 6.26 Å². The van der Waals surface area contributed by atoms with E-state index in [0.717, 1.165) is 42.0 Å². The summed E-state index contributed by atoms with van der Waals surface area (Å²) in [6.07, 6.45) is 9.30. The van der Waals surface area contributed by atoms with Crippen molar-refractivity contribution in [1.82, 2.24) is 5.32 Å². The average Bonchev–Trinajstić information content (AvgIpc) is 2.73. The Morgan fingerprint density at radius 2 is 1.78 bits per heavy atom. The van der Waals surface area contributed by atoms with Gasteiger partial charge in [-0.25, -0.2) is 0 Å². The molecule has 1 aromatic heterocycles. The average molecular weight is 245 g/mol. The Morgan fingerprint density at radius 1 is 1.11 bits per heavy atom. The number of rotatable bonds is 3. The monoisotopic (exact) mass is 245 g/mol. The van der Waals surface area contributed by atoms with Crippen LogP contribution in [0.1, 0.15) is 43.4 Å². The van der Waals surface area contributed by atoms with Gasteiger partial charge in [-0.05, 0) is 74.3 Å². The third-order valence-electron chi connectivity index (χ3n) is 5.69. The summed E-state index contributed by atoms with van der Waals surface area (Å²) in [6.45, 7) is 3.06. The predicted molar refractivity (Wildman–Crippen MR) is 71.1 cm³/mol. The second kappa shape index (κ2) is 4.12. The summed E-state index contributed by atoms with van der Waals surface area (Å²) in [7, 11) is 0. The van der Waals surface area contributed by atoms with Crippen LogP contribution in [0.5, 0.6) is 0 Å². The van der Waals surface area contributed by atoms with Gasteiger partial charge in [-0.1, -0.05) is 0 Å². The maximum Gasteiger partial charge on any atom is 0.120 e. The van der Waals surface area contributed by atoms with Gasteiger partial charge >= 0.3 is 0 Å². The summed E-state index contributed by atoms with van der Waals surface area (Å²) in [5.41, 5.74) is 1.28. The van der Waals surface area contributed by atoms with E-state index in [2.05, 4.69) is 18.3 Å². The predicted octanol–water partition coefficient (Wildman–Crippen LogP) is 3.50. The van der Waals surface area contributed by atoms with Crippen LogP contribution in [-0.4, -0.2) is 6.04 Å². The van der Waals surface area contributed by atoms with Crippen LogP contribution in [0.3, 0.4) is 0 Å². The van der Waals surface area contributed by atoms with Gasteiger partial charge in [-0.3, -0.25) is 0 Å². The lowest BCUT2D eigenvalue weighted by molar-refractivity contribution is -0.0148. The van der Waals surface area contributed by atoms with Crippen LogP contribution >= 0.6 is 0 Å². The second-order valence-electron chi connectivity index (χ2n) is 6.86. The zero-order valence-corrected chi connectivity index (χ0v) is 11.2. The number of aryl methyl sites for hydroxylation is 1. The molecule has 0 radical (unpaired) electrons. The first-order valence-corrected chi connectivity index (χ1v) is 7.56. The standard InChI is InChI=1S/C16H23NO/c1-10-2-3-18-15(10)9-17-16-13-5-11-4-12(7-13)8-14(16)6-11/h2-3,11-14,16-17H,4-9H2,1H3. The highest BCUT2D eigenvalue weighted by atomic mass is 16.3. The molecule has 4 aliphatic carbocycles. The molecular formula is C16H23NO. The Kier molecular flexibility index (Phi) is 2.54. The molecule has 0 atom stereocenters. The molecule has 18 heavy (non-hydrogen) atoms. The van der Waals surface area contributed by atoms with E-state index in [4.69, 9.17) is 4.42 Å². The maximum atomic E-state index is 5.54. The fourth-order valence-corrected chi connectivity index (χ4v) is 5.05. The SMILES string of the molecule is Cc1ccoc1CNC1C2CC3CC(C2)CC1C3. The minimum atomic E-state index is 0.766. The highest BCUT2D eigenvalue weighted by Crippen LogP contribution is 2.53. The molecule has 1 aromatic rings. The minimum Gasteiger partial charge on any atom is -0.468 e. The summed E-state index contributed by atoms with van der Waals surface area (Å²) in [4.78, 5) is 0. The van der Waals surface area contributed by atoms with Gasteiger partial charge in [0.25, 0.3) is 0 Å². The van der Waals surface area contributed by atoms with Gasteiger partial charge in [-0.2, -0.15) is 0 Å². The van der Waals surface area contributed by atoms with E-state index in [9.17, 15) is 0 Å². The van der Waals surface area contributed by atoms with Crippen molar-refractivity contribution in [2.24, 2.45) is 23.7 Å². The first kappa shape index (κ1) is 11.1. The van der Waals surface area contributed by atoms with Gasteiger partial charge in [0, 0.05) is 6.04 Å². The summed E-state index contributed by atoms with van der Waals surface area (Å²) >= 11 is 0. The Hall–Kier alpha value is -0.760. The maximum absolute atomic E-state index is 5.54. The molecule has 1 N–H and O–H groups in total. The van der Waals surface area contributed by atoms with Crippen molar-refractivity contribution in [3.8, 4) is 0 Å². The molecule has 98 valence electrons. The van der Waals surface area contributed by atoms with Crippen LogP contribution in [0.15, 0.2) is 16.7 Å². The fourth-order valence-electron chi connectivity index (χ4n) is 5.05. The molecule has 0 amide bonds. The highest BCUT2D eigenvalue weighted by molar-refractivity contribution is 5.14. The van der Waals surface area contributed by atoms with E-state index in [1.54, 1.807) is 0 Å². The van der Waals surface area contributed by atoms with Crippen LogP contribution in [0.2, 0.25) is 0 Å². The first-order valence-electron chi connectivity index (χ1n) is 7.56. The van der Waals surface area contributed by atoms with Crippen LogP contribution in [0, 0.1) is 30.6 Å². The molecule has 2 heteroatoms. The van der Waals surface area contributed by atoms with Gasteiger partial charge < -0.3 is 9.73 Å². The van der Waals surface area contributed by atoms with E-state index in [1.165, 1.54) is 37.7 Å². The van der Waals surface area contributed by atoms with E-state index < -0.39 is 0 Å². The molecule has 0 saturated heterocycles. The Balaban J connectivity index is 1.45. The third kappa shape index (κ3) is 1.73. The molecule has 4 bridgehead atoms. The molecule has 4 aliphatic rings. The smallest absolute Gasteiger partial charge is 0.120 e. The summed E-state index contributed by atoms with van der Waals surface area (Å²) in [5, 5.41) is 3.81. The molecule has 0 aliphatic heterocycles. The normalized spacial score (nSPS) is 41.5. The Labute approximate surface area is 109 Å². The van der Waals surface area contributed by atoms with E-state index in [0.29, 0.717) is 0 Å². The quantitative estimate of drug-likeness (QED) is 0.881. The van der Waals surface area contributed by atoms with Crippen molar-refractivity contribution in [2.45, 2.75) is 51.6 Å². The summed E-state index contributed by atoms with van der Waals surface area (Å²) in [5.74, 6) is 5.17. The van der Waals surface area contributed by atoms with Crippen molar-refractivity contribution >= 4 is 0 Å². The number of nitrogens with one attached hydrogen (secondary N) is 1. The number of furan rings is 1. The van der Waals surface area contributed by atoms with Crippen molar-refractivity contribution in [1.29, 1.82) is 0 Å². The topological polar surface area (TPSA) is 25.2 Å². The number of hydrogen-bond donors (Lipinski definition) is 1. The lowest BCUT2D eigenvalue weighted by Gasteiger charge is -2.54. The molecule has 0 aromatic carbocycles. The fraction of sp³-hybridized carbons (Fsp3) is 0.750. The molecule has 4 saturated carbocycles. The van der Waals surface area contributed by atoms with Crippen LogP contribution < -0.4 is 5.32 Å². The summed E-state index contributed by atoms with van der Waals surface area (Å²) in [6, 6.07) is 2.83. The Bertz CT molecular complexity index is 408. The van der Waals surface area contributed by atoms with Crippen molar-refractivity contribution in [3.63, 3.8) is 0 Å². The molecule has 4 fully saturated rings. The van der Waals surface area contributed by atoms with Crippen LogP contribution in [0.25, 0.3) is 0 Å². The van der Waals surface area contributed by atoms with Crippen molar-refractivity contribution in [2.75, 3.05) is 0 Å². The van der Waals surface area contributed by atoms with Crippen LogP contribution in [0.4, 0.5) is 0 Å². The number of hydrogen-bond acceptors (Lipinski definition) is 2. The van der Waals surface area contributed by atoms with Crippen molar-refractivity contribution in [3.05, 3.63) is 23.7 Å². The molecular weight excluding hydrogens is 222 g/mol. The zero-order chi connectivity index (χ0) is 12.1. The third-order valence-corrected chi connectivity index (χ3v) is 5.69. The van der Waals surface area contributed by atoms with Crippen LogP contribution in [-0.2, 0) is 6.54 Å². The largest absolute Gasteiger partial charge is 0.468 e. The van der Waals surface area contributed by atoms with E-state index in [-0.39, 0.29) is 0 Å². The van der Waals surface area contributed by atoms with Gasteiger partial charge in [0.15, 0.2) is 0 Å². The molecule has 0 unspecified atom stereocenters. The lowest BCUT2D eigenvalue weighted by Crippen LogP contribution is -2.54. The highest BCUT2D eigenvalue weighted by Gasteiger charge is 2.47. The first-order chi connectivity index (χ1) is 8.79. The zero-order valence-electron chi connectivity index (χ0n) is 11.2. The molecule has 5 rings (SSSR count). The molecule has 1 heterocycles. The summed E-state index contributed by atoms with van der Waals surface area (Å²) < 4.78 is 5.54. The Morgan fingerprint density at radius 3 is 2.33 bits per heavy atom. The van der Waals surface area contributed by atoms with E-state index >= 15 is 0 Å². The van der Waals surface area contributed by atoms with Gasteiger partial charge in [0.2, 0.25) is 0 Å². The van der Waals surface area contributed by atoms with Gasteiger partial charge in [-0.15, -0.1) is 0 Å². The molecule has 2 nitrogen and oxygen atoms in total. The van der Waals surface area contributed by atoms with Gasteiger partial charge in [0.05, 0.1) is 12.8 Å². The second-order valence-corrected chi connectivity index (χ2v) is 6.86. The lowest BCUT2D eigenvalue weighted by atomic mass is 9.54. The molecule has 0 spiro atoms. The van der Waals surface area contributed by atoms with Gasteiger partial charge in [0.1, 0.15) is 5.76 Å².